The molecule has 1 fully saturated rings. The number of rotatable bonds is 5. The quantitative estimate of drug-likeness (QED) is 0.316. The molecule has 0 aromatic carbocycles. The van der Waals surface area contributed by atoms with Gasteiger partial charge in [0.15, 0.2) is 5.96 Å². The molecule has 12 nitrogen and oxygen atoms in total. The molecule has 5 N–H and O–H groups in total. The normalized spacial score (nSPS) is 21.2. The molecule has 3 rings (SSSR count). The number of thiophene rings is 1. The Bertz CT molecular complexity index is 922. The molecule has 2 bridgehead atoms. The van der Waals surface area contributed by atoms with Crippen molar-refractivity contribution in [3.63, 3.8) is 0 Å². The predicted molar refractivity (Wildman–Crippen MR) is 94.6 cm³/mol. The number of carbonyl (C=O) groups excluding carboxylic acids is 2. The lowest BCUT2D eigenvalue weighted by Crippen LogP contribution is -2.43. The second-order valence-electron chi connectivity index (χ2n) is 6.19. The van der Waals surface area contributed by atoms with Crippen LogP contribution in [0.5, 0.6) is 0 Å². The monoisotopic (exact) mass is 418 g/mol. The number of nitrogens with two attached hydrogens (primary N) is 2. The number of carbonyl (C=O) groups is 2. The van der Waals surface area contributed by atoms with Crippen molar-refractivity contribution in [1.82, 2.24) is 14.9 Å². The first-order valence-corrected chi connectivity index (χ1v) is 9.89. The lowest BCUT2D eigenvalue weighted by atomic mass is 9.94. The first kappa shape index (κ1) is 19.3. The van der Waals surface area contributed by atoms with E-state index in [0.717, 1.165) is 0 Å². The van der Waals surface area contributed by atoms with Gasteiger partial charge in [-0.2, -0.15) is 13.5 Å². The molecule has 0 spiro atoms. The van der Waals surface area contributed by atoms with Gasteiger partial charge < -0.3 is 21.3 Å². The number of hydrogen-bond donors (Lipinski definition) is 3. The van der Waals surface area contributed by atoms with Crippen molar-refractivity contribution in [3.05, 3.63) is 21.4 Å². The average Bonchev–Trinajstić information content (AvgIpc) is 3.08. The van der Waals surface area contributed by atoms with E-state index in [9.17, 15) is 18.0 Å². The zero-order valence-corrected chi connectivity index (χ0v) is 16.0. The first-order valence-electron chi connectivity index (χ1n) is 7.64. The smallest absolute Gasteiger partial charge is 0.370 e. The van der Waals surface area contributed by atoms with Gasteiger partial charge in [-0.3, -0.25) is 9.35 Å². The van der Waals surface area contributed by atoms with Crippen LogP contribution in [0.15, 0.2) is 10.4 Å². The minimum Gasteiger partial charge on any atom is -0.370 e. The molecule has 27 heavy (non-hydrogen) atoms. The van der Waals surface area contributed by atoms with E-state index in [1.807, 2.05) is 0 Å². The number of fused-ring (bicyclic) bond motifs is 4. The van der Waals surface area contributed by atoms with Gasteiger partial charge in [-0.1, -0.05) is 0 Å². The van der Waals surface area contributed by atoms with Gasteiger partial charge in [0, 0.05) is 24.5 Å². The van der Waals surface area contributed by atoms with Gasteiger partial charge in [-0.15, -0.1) is 15.6 Å². The molecular formula is C13H18N6O6S2. The fourth-order valence-corrected chi connectivity index (χ4v) is 4.67. The summed E-state index contributed by atoms with van der Waals surface area (Å²) in [7, 11) is -1.83. The van der Waals surface area contributed by atoms with E-state index in [4.69, 9.17) is 16.0 Å². The van der Waals surface area contributed by atoms with Crippen LogP contribution in [-0.2, 0) is 26.0 Å². The SMILES string of the molecule is CN(C)C(=O)C1c2c(CN=C(N)N)csc2C2CN1C(=O)N2OS(=O)(=O)O. The molecule has 2 aliphatic heterocycles. The summed E-state index contributed by atoms with van der Waals surface area (Å²) in [5.41, 5.74) is 11.9. The highest BCUT2D eigenvalue weighted by molar-refractivity contribution is 7.80. The summed E-state index contributed by atoms with van der Waals surface area (Å²) in [6.45, 7) is 0.132. The largest absolute Gasteiger partial charge is 0.418 e. The average molecular weight is 418 g/mol. The molecule has 2 unspecified atom stereocenters. The molecular weight excluding hydrogens is 400 g/mol. The number of guanidine groups is 1. The fraction of sp³-hybridized carbons (Fsp3) is 0.462. The third kappa shape index (κ3) is 3.43. The van der Waals surface area contributed by atoms with Crippen molar-refractivity contribution in [3.8, 4) is 0 Å². The summed E-state index contributed by atoms with van der Waals surface area (Å²) in [5.74, 6) is -0.502. The van der Waals surface area contributed by atoms with E-state index in [0.29, 0.717) is 21.1 Å². The zero-order valence-electron chi connectivity index (χ0n) is 14.4. The van der Waals surface area contributed by atoms with Crippen LogP contribution in [0.2, 0.25) is 0 Å². The maximum atomic E-state index is 12.8. The standard InChI is InChI=1S/C13H18N6O6S2/c1-17(2)11(20)9-8-6(3-16-12(14)15)5-26-10(8)7-4-18(9)13(21)19(7)25-27(22,23)24/h5,7,9H,3-4H2,1-2H3,(H4,14,15,16)(H,22,23,24). The molecule has 1 aromatic rings. The topological polar surface area (TPSA) is 172 Å². The number of nitrogens with zero attached hydrogens (tertiary/aromatic N) is 4. The molecule has 1 saturated heterocycles. The maximum Gasteiger partial charge on any atom is 0.418 e. The van der Waals surface area contributed by atoms with Crippen LogP contribution in [0.25, 0.3) is 0 Å². The Labute approximate surface area is 158 Å². The van der Waals surface area contributed by atoms with E-state index in [1.165, 1.54) is 21.1 Å². The van der Waals surface area contributed by atoms with Gasteiger partial charge in [-0.05, 0) is 10.9 Å². The Hall–Kier alpha value is -2.42. The van der Waals surface area contributed by atoms with E-state index >= 15 is 0 Å². The Morgan fingerprint density at radius 1 is 1.48 bits per heavy atom. The van der Waals surface area contributed by atoms with Crippen LogP contribution in [0.3, 0.4) is 0 Å². The van der Waals surface area contributed by atoms with Crippen LogP contribution in [0.1, 0.15) is 28.1 Å². The van der Waals surface area contributed by atoms with Gasteiger partial charge in [0.05, 0.1) is 13.1 Å². The molecule has 0 radical (unpaired) electrons. The minimum absolute atomic E-state index is 0.0356. The molecule has 2 aliphatic rings. The van der Waals surface area contributed by atoms with Crippen molar-refractivity contribution in [2.24, 2.45) is 16.5 Å². The minimum atomic E-state index is -4.92. The van der Waals surface area contributed by atoms with E-state index in [1.54, 1.807) is 19.5 Å². The van der Waals surface area contributed by atoms with E-state index in [2.05, 4.69) is 9.28 Å². The number of hydrogen-bond acceptors (Lipinski definition) is 7. The highest BCUT2D eigenvalue weighted by Crippen LogP contribution is 2.48. The Kier molecular flexibility index (Phi) is 4.75. The van der Waals surface area contributed by atoms with Crippen LogP contribution < -0.4 is 11.5 Å². The Balaban J connectivity index is 2.12. The highest BCUT2D eigenvalue weighted by atomic mass is 32.3. The van der Waals surface area contributed by atoms with Gasteiger partial charge in [0.1, 0.15) is 12.1 Å². The van der Waals surface area contributed by atoms with Crippen molar-refractivity contribution in [2.75, 3.05) is 20.6 Å². The van der Waals surface area contributed by atoms with E-state index < -0.39 is 28.5 Å². The number of urea groups is 1. The van der Waals surface area contributed by atoms with Gasteiger partial charge in [0.25, 0.3) is 0 Å². The molecule has 1 aromatic heterocycles. The Morgan fingerprint density at radius 3 is 2.70 bits per heavy atom. The zero-order chi connectivity index (χ0) is 20.1. The predicted octanol–water partition coefficient (Wildman–Crippen LogP) is -0.822. The summed E-state index contributed by atoms with van der Waals surface area (Å²) in [6, 6.07) is -2.61. The molecule has 0 aliphatic carbocycles. The number of amides is 3. The Morgan fingerprint density at radius 2 is 2.15 bits per heavy atom. The molecule has 0 saturated carbocycles. The van der Waals surface area contributed by atoms with Gasteiger partial charge in [-0.25, -0.2) is 9.79 Å². The first-order chi connectivity index (χ1) is 12.5. The fourth-order valence-electron chi connectivity index (χ4n) is 3.13. The summed E-state index contributed by atoms with van der Waals surface area (Å²) >= 11 is 1.23. The molecule has 3 heterocycles. The summed E-state index contributed by atoms with van der Waals surface area (Å²) in [5, 5.41) is 2.31. The third-order valence-corrected chi connectivity index (χ3v) is 5.69. The van der Waals surface area contributed by atoms with Crippen molar-refractivity contribution < 1.29 is 26.8 Å². The van der Waals surface area contributed by atoms with Crippen molar-refractivity contribution >= 4 is 39.6 Å². The van der Waals surface area contributed by atoms with Crippen LogP contribution in [0, 0.1) is 0 Å². The summed E-state index contributed by atoms with van der Waals surface area (Å²) < 4.78 is 35.7. The molecule has 14 heteroatoms. The van der Waals surface area contributed by atoms with E-state index in [-0.39, 0.29) is 25.0 Å². The van der Waals surface area contributed by atoms with Crippen LogP contribution >= 0.6 is 11.3 Å². The maximum absolute atomic E-state index is 12.8. The van der Waals surface area contributed by atoms with Crippen LogP contribution in [0.4, 0.5) is 4.79 Å². The lowest BCUT2D eigenvalue weighted by molar-refractivity contribution is -0.133. The highest BCUT2D eigenvalue weighted by Gasteiger charge is 2.53. The van der Waals surface area contributed by atoms with Crippen molar-refractivity contribution in [2.45, 2.75) is 18.6 Å². The lowest BCUT2D eigenvalue weighted by Gasteiger charge is -2.32. The van der Waals surface area contributed by atoms with Crippen molar-refractivity contribution in [1.29, 1.82) is 0 Å². The molecule has 3 amide bonds. The number of likely N-dealkylation sites (N-methyl/N-ethyl adjacent to an activating group) is 1. The number of aliphatic imine (C=N–C) groups is 1. The summed E-state index contributed by atoms with van der Waals surface area (Å²) in [4.78, 5) is 32.5. The molecule has 148 valence electrons. The van der Waals surface area contributed by atoms with Crippen LogP contribution in [-0.4, -0.2) is 66.4 Å². The second-order valence-corrected chi connectivity index (χ2v) is 8.11. The van der Waals surface area contributed by atoms with Gasteiger partial charge >= 0.3 is 16.4 Å². The van der Waals surface area contributed by atoms with Gasteiger partial charge in [0.2, 0.25) is 5.91 Å². The molecule has 2 atom stereocenters. The summed E-state index contributed by atoms with van der Waals surface area (Å²) in [6.07, 6.45) is 0. The second kappa shape index (κ2) is 6.63. The number of hydroxylamine groups is 2. The third-order valence-electron chi connectivity index (χ3n) is 4.20.